The van der Waals surface area contributed by atoms with Gasteiger partial charge in [-0.2, -0.15) is 0 Å². The van der Waals surface area contributed by atoms with Gasteiger partial charge in [-0.05, 0) is 128 Å². The highest BCUT2D eigenvalue weighted by atomic mass is 16.3. The zero-order valence-electron chi connectivity index (χ0n) is 26.1. The Hall–Kier alpha value is -1.16. The van der Waals surface area contributed by atoms with Crippen molar-refractivity contribution in [1.29, 1.82) is 0 Å². The maximum absolute atomic E-state index is 11.5. The number of nitrogens with one attached hydrogen (secondary N) is 1. The number of aliphatic hydroxyl groups excluding tert-OH is 2. The molecule has 0 saturated heterocycles. The number of allylic oxidation sites excluding steroid dienone is 1. The molecule has 5 aliphatic carbocycles. The molecule has 3 nitrogen and oxygen atoms in total. The summed E-state index contributed by atoms with van der Waals surface area (Å²) in [6, 6.07) is 10.7. The van der Waals surface area contributed by atoms with E-state index in [2.05, 4.69) is 76.8 Å². The molecule has 5 fully saturated rings. The molecular formula is C37H57NO2. The average Bonchev–Trinajstić information content (AvgIpc) is 3.33. The maximum atomic E-state index is 11.5. The number of rotatable bonds is 6. The second-order valence-corrected chi connectivity index (χ2v) is 16.4. The SMILES string of the molecule is C=C(C)C1CCC2(CO)CC[C@]3(C)C(CCC4[C@@]5(C)CC[C@H](O)[C@@](C)(CNCc6ccccc6)C5CC[C@]43C)C12. The largest absolute Gasteiger partial charge is 0.396 e. The molecule has 222 valence electrons. The molecule has 5 saturated carbocycles. The first-order valence-electron chi connectivity index (χ1n) is 16.6. The summed E-state index contributed by atoms with van der Waals surface area (Å²) in [4.78, 5) is 0. The average molecular weight is 548 g/mol. The quantitative estimate of drug-likeness (QED) is 0.319. The molecule has 0 bridgehead atoms. The third kappa shape index (κ3) is 3.92. The lowest BCUT2D eigenvalue weighted by molar-refractivity contribution is -0.251. The van der Waals surface area contributed by atoms with Gasteiger partial charge in [-0.3, -0.25) is 0 Å². The van der Waals surface area contributed by atoms with Gasteiger partial charge >= 0.3 is 0 Å². The van der Waals surface area contributed by atoms with E-state index in [4.69, 9.17) is 0 Å². The summed E-state index contributed by atoms with van der Waals surface area (Å²) >= 11 is 0. The highest BCUT2D eigenvalue weighted by Crippen LogP contribution is 2.77. The van der Waals surface area contributed by atoms with Gasteiger partial charge in [0, 0.05) is 25.1 Å². The Balaban J connectivity index is 1.29. The molecule has 3 heteroatoms. The predicted molar refractivity (Wildman–Crippen MR) is 165 cm³/mol. The Bertz CT molecular complexity index is 1100. The third-order valence-electron chi connectivity index (χ3n) is 15.0. The van der Waals surface area contributed by atoms with Crippen LogP contribution in [-0.2, 0) is 6.54 Å². The minimum Gasteiger partial charge on any atom is -0.396 e. The van der Waals surface area contributed by atoms with E-state index >= 15 is 0 Å². The van der Waals surface area contributed by atoms with Crippen molar-refractivity contribution in [3.8, 4) is 0 Å². The van der Waals surface area contributed by atoms with Crippen LogP contribution in [0.5, 0.6) is 0 Å². The zero-order valence-corrected chi connectivity index (χ0v) is 26.1. The molecule has 0 spiro atoms. The molecule has 6 rings (SSSR count). The molecule has 0 radical (unpaired) electrons. The predicted octanol–water partition coefficient (Wildman–Crippen LogP) is 7.77. The Morgan fingerprint density at radius 1 is 0.875 bits per heavy atom. The standard InChI is InChI=1S/C37H57NO2/c1-25(2)27-14-19-37(24-39)21-20-35(5)28(32(27)37)12-13-30-33(3)17-16-31(40)34(4,29(33)15-18-36(30,35)6)23-38-22-26-10-8-7-9-11-26/h7-11,27-32,38-40H,1,12-24H2,2-6H3/t27?,28?,29?,30?,31-,32?,33-,34-,35+,36+,37?/m0/s1. The molecule has 40 heavy (non-hydrogen) atoms. The first kappa shape index (κ1) is 28.9. The lowest BCUT2D eigenvalue weighted by Gasteiger charge is -2.73. The Morgan fingerprint density at radius 2 is 1.62 bits per heavy atom. The molecular weight excluding hydrogens is 490 g/mol. The Kier molecular flexibility index (Phi) is 7.20. The summed E-state index contributed by atoms with van der Waals surface area (Å²) in [6.45, 7) is 19.3. The minimum absolute atomic E-state index is 0.101. The summed E-state index contributed by atoms with van der Waals surface area (Å²) < 4.78 is 0. The molecule has 6 unspecified atom stereocenters. The number of fused-ring (bicyclic) bond motifs is 7. The third-order valence-corrected chi connectivity index (χ3v) is 15.0. The van der Waals surface area contributed by atoms with Crippen molar-refractivity contribution in [3.63, 3.8) is 0 Å². The molecule has 1 aromatic rings. The second kappa shape index (κ2) is 9.95. The van der Waals surface area contributed by atoms with Crippen LogP contribution >= 0.6 is 0 Å². The van der Waals surface area contributed by atoms with Crippen molar-refractivity contribution >= 4 is 0 Å². The van der Waals surface area contributed by atoms with Crippen LogP contribution in [0.2, 0.25) is 0 Å². The van der Waals surface area contributed by atoms with E-state index < -0.39 is 0 Å². The molecule has 3 N–H and O–H groups in total. The molecule has 5 aliphatic rings. The fraction of sp³-hybridized carbons (Fsp3) is 0.784. The van der Waals surface area contributed by atoms with E-state index in [1.54, 1.807) is 0 Å². The number of hydrogen-bond acceptors (Lipinski definition) is 3. The van der Waals surface area contributed by atoms with Crippen LogP contribution in [-0.4, -0.2) is 29.5 Å². The van der Waals surface area contributed by atoms with Crippen LogP contribution in [0.3, 0.4) is 0 Å². The lowest BCUT2D eigenvalue weighted by Crippen LogP contribution is -2.68. The Morgan fingerprint density at radius 3 is 2.33 bits per heavy atom. The van der Waals surface area contributed by atoms with Gasteiger partial charge in [0.15, 0.2) is 0 Å². The highest BCUT2D eigenvalue weighted by molar-refractivity contribution is 5.22. The van der Waals surface area contributed by atoms with E-state index in [-0.39, 0.29) is 22.3 Å². The van der Waals surface area contributed by atoms with Crippen LogP contribution in [0, 0.1) is 56.7 Å². The number of aliphatic hydroxyl groups is 2. The summed E-state index contributed by atoms with van der Waals surface area (Å²) in [6.07, 6.45) is 11.8. The first-order valence-corrected chi connectivity index (χ1v) is 16.6. The summed E-state index contributed by atoms with van der Waals surface area (Å²) in [5.41, 5.74) is 3.57. The van der Waals surface area contributed by atoms with E-state index in [1.807, 2.05) is 0 Å². The molecule has 0 heterocycles. The minimum atomic E-state index is -0.236. The lowest BCUT2D eigenvalue weighted by atomic mass is 9.32. The molecule has 0 aliphatic heterocycles. The second-order valence-electron chi connectivity index (χ2n) is 16.4. The smallest absolute Gasteiger partial charge is 0.0609 e. The fourth-order valence-electron chi connectivity index (χ4n) is 12.7. The maximum Gasteiger partial charge on any atom is 0.0609 e. The van der Waals surface area contributed by atoms with Gasteiger partial charge in [-0.15, -0.1) is 0 Å². The van der Waals surface area contributed by atoms with Gasteiger partial charge in [0.1, 0.15) is 0 Å². The van der Waals surface area contributed by atoms with Crippen molar-refractivity contribution in [2.45, 2.75) is 111 Å². The van der Waals surface area contributed by atoms with Gasteiger partial charge in [-0.25, -0.2) is 0 Å². The van der Waals surface area contributed by atoms with Crippen molar-refractivity contribution in [3.05, 3.63) is 48.0 Å². The van der Waals surface area contributed by atoms with Gasteiger partial charge < -0.3 is 15.5 Å². The van der Waals surface area contributed by atoms with Crippen LogP contribution in [0.15, 0.2) is 42.5 Å². The monoisotopic (exact) mass is 547 g/mol. The fourth-order valence-corrected chi connectivity index (χ4v) is 12.7. The van der Waals surface area contributed by atoms with E-state index in [1.165, 1.54) is 62.5 Å². The van der Waals surface area contributed by atoms with Gasteiger partial charge in [-0.1, -0.05) is 70.2 Å². The number of hydrogen-bond donors (Lipinski definition) is 3. The normalized spacial score (nSPS) is 49.9. The zero-order chi connectivity index (χ0) is 28.6. The molecule has 0 amide bonds. The summed E-state index contributed by atoms with van der Waals surface area (Å²) in [5.74, 6) is 3.10. The summed E-state index contributed by atoms with van der Waals surface area (Å²) in [5, 5.41) is 26.1. The van der Waals surface area contributed by atoms with Crippen LogP contribution < -0.4 is 5.32 Å². The van der Waals surface area contributed by atoms with E-state index in [9.17, 15) is 10.2 Å². The van der Waals surface area contributed by atoms with Gasteiger partial charge in [0.05, 0.1) is 6.10 Å². The van der Waals surface area contributed by atoms with Crippen LogP contribution in [0.25, 0.3) is 0 Å². The van der Waals surface area contributed by atoms with Crippen LogP contribution in [0.4, 0.5) is 0 Å². The van der Waals surface area contributed by atoms with Crippen molar-refractivity contribution in [1.82, 2.24) is 5.32 Å². The van der Waals surface area contributed by atoms with Crippen LogP contribution in [0.1, 0.15) is 104 Å². The van der Waals surface area contributed by atoms with Crippen molar-refractivity contribution < 1.29 is 10.2 Å². The Labute approximate surface area is 244 Å². The first-order chi connectivity index (χ1) is 19.0. The summed E-state index contributed by atoms with van der Waals surface area (Å²) in [7, 11) is 0. The van der Waals surface area contributed by atoms with Crippen molar-refractivity contribution in [2.24, 2.45) is 56.7 Å². The van der Waals surface area contributed by atoms with E-state index in [0.717, 1.165) is 25.9 Å². The molecule has 11 atom stereocenters. The van der Waals surface area contributed by atoms with E-state index in [0.29, 0.717) is 47.0 Å². The molecule has 1 aromatic carbocycles. The number of benzene rings is 1. The topological polar surface area (TPSA) is 52.5 Å². The van der Waals surface area contributed by atoms with Gasteiger partial charge in [0.25, 0.3) is 0 Å². The molecule has 0 aromatic heterocycles. The highest BCUT2D eigenvalue weighted by Gasteiger charge is 2.71. The van der Waals surface area contributed by atoms with Gasteiger partial charge in [0.2, 0.25) is 0 Å². The van der Waals surface area contributed by atoms with Crippen molar-refractivity contribution in [2.75, 3.05) is 13.2 Å².